The Morgan fingerprint density at radius 3 is 2.70 bits per heavy atom. The van der Waals surface area contributed by atoms with Crippen LogP contribution in [0.25, 0.3) is 0 Å². The molecule has 0 amide bonds. The fourth-order valence-corrected chi connectivity index (χ4v) is 1.11. The van der Waals surface area contributed by atoms with Gasteiger partial charge in [0.2, 0.25) is 0 Å². The number of nitrogens with two attached hydrogens (primary N) is 1. The third-order valence-corrected chi connectivity index (χ3v) is 1.56. The first kappa shape index (κ1) is 7.97. The van der Waals surface area contributed by atoms with E-state index in [4.69, 9.17) is 17.4 Å². The number of amidine groups is 1. The molecule has 1 atom stereocenters. The average molecular weight is 181 g/mol. The highest BCUT2D eigenvalue weighted by Crippen LogP contribution is 2.11. The van der Waals surface area contributed by atoms with Crippen LogP contribution in [0.5, 0.6) is 0 Å². The molecule has 0 aliphatic carbocycles. The highest BCUT2D eigenvalue weighted by atomic mass is 35.5. The number of hydrogen-bond donors (Lipinski definition) is 2. The molecule has 0 aromatic heterocycles. The topological polar surface area (TPSA) is 44.9 Å². The fraction of sp³-hybridized carbons (Fsp3) is 0.750. The second-order valence-corrected chi connectivity index (χ2v) is 3.32. The van der Waals surface area contributed by atoms with Gasteiger partial charge in [-0.25, -0.2) is 5.84 Å². The summed E-state index contributed by atoms with van der Waals surface area (Å²) >= 11 is 9.61. The Bertz CT molecular complexity index is 159. The minimum atomic E-state index is -0.421. The van der Waals surface area contributed by atoms with Gasteiger partial charge in [-0.15, -0.1) is 11.6 Å². The lowest BCUT2D eigenvalue weighted by Crippen LogP contribution is -2.38. The van der Waals surface area contributed by atoms with Gasteiger partial charge in [-0.1, -0.05) is 0 Å². The van der Waals surface area contributed by atoms with E-state index in [2.05, 4.69) is 17.7 Å². The molecule has 0 bridgehead atoms. The summed E-state index contributed by atoms with van der Waals surface area (Å²) in [6, 6.07) is 0. The zero-order valence-corrected chi connectivity index (χ0v) is 7.18. The SMILES string of the molecule is CN1CN(N)C(C(S)Cl)=N1. The minimum absolute atomic E-state index is 0.421. The number of hydrazone groups is 1. The van der Waals surface area contributed by atoms with Crippen LogP contribution in [0, 0.1) is 0 Å². The summed E-state index contributed by atoms with van der Waals surface area (Å²) in [4.78, 5) is 0. The van der Waals surface area contributed by atoms with Crippen molar-refractivity contribution in [1.29, 1.82) is 0 Å². The number of rotatable bonds is 1. The first-order chi connectivity index (χ1) is 4.61. The third-order valence-electron chi connectivity index (χ3n) is 1.14. The van der Waals surface area contributed by atoms with Crippen molar-refractivity contribution in [3.63, 3.8) is 0 Å². The number of alkyl halides is 1. The van der Waals surface area contributed by atoms with E-state index < -0.39 is 4.71 Å². The molecule has 2 N–H and O–H groups in total. The van der Waals surface area contributed by atoms with E-state index >= 15 is 0 Å². The lowest BCUT2D eigenvalue weighted by atomic mass is 10.6. The van der Waals surface area contributed by atoms with Gasteiger partial charge in [0.1, 0.15) is 11.4 Å². The molecule has 4 nitrogen and oxygen atoms in total. The van der Waals surface area contributed by atoms with Gasteiger partial charge >= 0.3 is 0 Å². The molecule has 1 aliphatic rings. The summed E-state index contributed by atoms with van der Waals surface area (Å²) in [6.45, 7) is 0.569. The van der Waals surface area contributed by atoms with E-state index in [-0.39, 0.29) is 0 Å². The molecule has 6 heteroatoms. The predicted molar refractivity (Wildman–Crippen MR) is 44.7 cm³/mol. The molecule has 0 fully saturated rings. The standard InChI is InChI=1S/C4H9ClN4S/c1-8-2-9(6)4(7-8)3(5)10/h3,10H,2,6H2,1H3. The van der Waals surface area contributed by atoms with E-state index in [0.29, 0.717) is 12.5 Å². The highest BCUT2D eigenvalue weighted by Gasteiger charge is 2.21. The molecule has 10 heavy (non-hydrogen) atoms. The molecule has 0 aromatic carbocycles. The molecule has 1 heterocycles. The summed E-state index contributed by atoms with van der Waals surface area (Å²) < 4.78 is -0.421. The van der Waals surface area contributed by atoms with Crippen molar-refractivity contribution in [3.8, 4) is 0 Å². The number of hydrazine groups is 1. The van der Waals surface area contributed by atoms with Crippen LogP contribution in [0.4, 0.5) is 0 Å². The zero-order valence-electron chi connectivity index (χ0n) is 5.53. The molecule has 1 unspecified atom stereocenters. The Labute approximate surface area is 70.0 Å². The largest absolute Gasteiger partial charge is 0.277 e. The molecule has 0 spiro atoms. The Morgan fingerprint density at radius 2 is 2.50 bits per heavy atom. The molecular formula is C4H9ClN4S. The third kappa shape index (κ3) is 1.47. The Kier molecular flexibility index (Phi) is 2.28. The zero-order chi connectivity index (χ0) is 7.72. The van der Waals surface area contributed by atoms with Crippen molar-refractivity contribution in [3.05, 3.63) is 0 Å². The maximum atomic E-state index is 5.63. The number of thiol groups is 1. The van der Waals surface area contributed by atoms with E-state index in [1.165, 1.54) is 5.01 Å². The molecule has 0 saturated carbocycles. The molecule has 1 aliphatic heterocycles. The molecule has 0 aromatic rings. The quantitative estimate of drug-likeness (QED) is 0.336. The summed E-state index contributed by atoms with van der Waals surface area (Å²) in [5.41, 5.74) is 0. The van der Waals surface area contributed by atoms with Gasteiger partial charge < -0.3 is 0 Å². The van der Waals surface area contributed by atoms with Crippen molar-refractivity contribution in [1.82, 2.24) is 10.0 Å². The van der Waals surface area contributed by atoms with Crippen LogP contribution < -0.4 is 5.84 Å². The highest BCUT2D eigenvalue weighted by molar-refractivity contribution is 7.83. The van der Waals surface area contributed by atoms with Crippen LogP contribution in [0.1, 0.15) is 0 Å². The van der Waals surface area contributed by atoms with Crippen LogP contribution in [0.15, 0.2) is 5.10 Å². The molecule has 58 valence electrons. The van der Waals surface area contributed by atoms with Gasteiger partial charge in [0.25, 0.3) is 0 Å². The normalized spacial score (nSPS) is 21.4. The van der Waals surface area contributed by atoms with Gasteiger partial charge in [0.05, 0.1) is 0 Å². The lowest BCUT2D eigenvalue weighted by Gasteiger charge is -2.12. The van der Waals surface area contributed by atoms with Gasteiger partial charge in [0.15, 0.2) is 5.84 Å². The van der Waals surface area contributed by atoms with Crippen molar-refractivity contribution in [2.45, 2.75) is 4.71 Å². The summed E-state index contributed by atoms with van der Waals surface area (Å²) in [5.74, 6) is 6.09. The van der Waals surface area contributed by atoms with Crippen LogP contribution in [0.2, 0.25) is 0 Å². The van der Waals surface area contributed by atoms with E-state index in [0.717, 1.165) is 0 Å². The fourth-order valence-electron chi connectivity index (χ4n) is 0.741. The van der Waals surface area contributed by atoms with Crippen LogP contribution >= 0.6 is 24.2 Å². The first-order valence-corrected chi connectivity index (χ1v) is 3.70. The molecule has 0 saturated heterocycles. The summed E-state index contributed by atoms with van der Waals surface area (Å²) in [7, 11) is 1.82. The van der Waals surface area contributed by atoms with E-state index in [9.17, 15) is 0 Å². The summed E-state index contributed by atoms with van der Waals surface area (Å²) in [5, 5.41) is 7.17. The van der Waals surface area contributed by atoms with E-state index in [1.807, 2.05) is 7.05 Å². The molecule has 0 radical (unpaired) electrons. The second-order valence-electron chi connectivity index (χ2n) is 2.06. The monoisotopic (exact) mass is 180 g/mol. The van der Waals surface area contributed by atoms with Crippen LogP contribution in [-0.2, 0) is 0 Å². The number of hydrogen-bond acceptors (Lipinski definition) is 5. The van der Waals surface area contributed by atoms with Gasteiger partial charge in [-0.3, -0.25) is 10.0 Å². The maximum Gasteiger partial charge on any atom is 0.168 e. The van der Waals surface area contributed by atoms with Crippen LogP contribution in [0.3, 0.4) is 0 Å². The predicted octanol–water partition coefficient (Wildman–Crippen LogP) is -0.127. The Balaban J connectivity index is 2.65. The summed E-state index contributed by atoms with van der Waals surface area (Å²) in [6.07, 6.45) is 0. The van der Waals surface area contributed by atoms with Crippen molar-refractivity contribution < 1.29 is 0 Å². The molecule has 1 rings (SSSR count). The Hall–Kier alpha value is -0.130. The number of halogens is 1. The van der Waals surface area contributed by atoms with Gasteiger partial charge in [-0.05, 0) is 0 Å². The van der Waals surface area contributed by atoms with Gasteiger partial charge in [-0.2, -0.15) is 17.7 Å². The molecular weight excluding hydrogens is 172 g/mol. The van der Waals surface area contributed by atoms with Crippen molar-refractivity contribution >= 4 is 30.1 Å². The maximum absolute atomic E-state index is 5.63. The van der Waals surface area contributed by atoms with Crippen LogP contribution in [-0.4, -0.2) is 34.3 Å². The second kappa shape index (κ2) is 2.86. The average Bonchev–Trinajstić information content (AvgIpc) is 2.10. The lowest BCUT2D eigenvalue weighted by molar-refractivity contribution is 0.280. The van der Waals surface area contributed by atoms with Crippen molar-refractivity contribution in [2.75, 3.05) is 13.7 Å². The van der Waals surface area contributed by atoms with Crippen molar-refractivity contribution in [2.24, 2.45) is 10.9 Å². The number of nitrogens with zero attached hydrogens (tertiary/aromatic N) is 3. The van der Waals surface area contributed by atoms with Gasteiger partial charge in [0, 0.05) is 7.05 Å². The Morgan fingerprint density at radius 1 is 1.90 bits per heavy atom. The first-order valence-electron chi connectivity index (χ1n) is 2.75. The van der Waals surface area contributed by atoms with E-state index in [1.54, 1.807) is 5.01 Å². The smallest absolute Gasteiger partial charge is 0.168 e. The minimum Gasteiger partial charge on any atom is -0.277 e.